The Morgan fingerprint density at radius 2 is 0.720 bits per heavy atom. The van der Waals surface area contributed by atoms with Crippen LogP contribution in [0.4, 0.5) is 26.3 Å². The first-order valence-electron chi connectivity index (χ1n) is 6.96. The van der Waals surface area contributed by atoms with Gasteiger partial charge in [0.05, 0.1) is 0 Å². The second-order valence-corrected chi connectivity index (χ2v) is 6.96. The molecular formula is C18H9F6S+. The molecule has 0 aliphatic carbocycles. The average Bonchev–Trinajstić information content (AvgIpc) is 2.52. The molecule has 0 fully saturated rings. The number of hydrogen-bond donors (Lipinski definition) is 0. The minimum Gasteiger partial charge on any atom is -0.207 e. The van der Waals surface area contributed by atoms with Crippen molar-refractivity contribution in [1.29, 1.82) is 0 Å². The monoisotopic (exact) mass is 371 g/mol. The molecule has 3 aromatic carbocycles. The third-order valence-electron chi connectivity index (χ3n) is 3.34. The number of halogens is 6. The molecule has 0 spiro atoms. The van der Waals surface area contributed by atoms with E-state index in [-0.39, 0.29) is 14.7 Å². The van der Waals surface area contributed by atoms with Crippen LogP contribution < -0.4 is 0 Å². The summed E-state index contributed by atoms with van der Waals surface area (Å²) >= 11 is 0. The molecule has 0 bridgehead atoms. The van der Waals surface area contributed by atoms with Crippen LogP contribution in [0.1, 0.15) is 0 Å². The first-order valence-corrected chi connectivity index (χ1v) is 8.19. The summed E-state index contributed by atoms with van der Waals surface area (Å²) in [5.74, 6) is -5.63. The van der Waals surface area contributed by atoms with Crippen LogP contribution in [0, 0.1) is 34.9 Å². The maximum Gasteiger partial charge on any atom is 0.202 e. The van der Waals surface area contributed by atoms with E-state index in [0.29, 0.717) is 18.2 Å². The predicted molar refractivity (Wildman–Crippen MR) is 81.2 cm³/mol. The van der Waals surface area contributed by atoms with Crippen LogP contribution >= 0.6 is 0 Å². The van der Waals surface area contributed by atoms with E-state index in [1.54, 1.807) is 0 Å². The Bertz CT molecular complexity index is 818. The highest BCUT2D eigenvalue weighted by atomic mass is 32.2. The van der Waals surface area contributed by atoms with Crippen molar-refractivity contribution in [2.24, 2.45) is 0 Å². The first kappa shape index (κ1) is 17.4. The molecule has 0 aliphatic heterocycles. The van der Waals surface area contributed by atoms with E-state index in [1.165, 1.54) is 0 Å². The van der Waals surface area contributed by atoms with Gasteiger partial charge in [0, 0.05) is 36.4 Å². The maximum atomic E-state index is 14.3. The van der Waals surface area contributed by atoms with Crippen LogP contribution in [-0.4, -0.2) is 0 Å². The smallest absolute Gasteiger partial charge is 0.202 e. The quantitative estimate of drug-likeness (QED) is 0.414. The van der Waals surface area contributed by atoms with Crippen molar-refractivity contribution in [3.05, 3.63) is 89.5 Å². The van der Waals surface area contributed by atoms with Gasteiger partial charge >= 0.3 is 0 Å². The van der Waals surface area contributed by atoms with E-state index < -0.39 is 45.8 Å². The van der Waals surface area contributed by atoms with Crippen molar-refractivity contribution in [2.75, 3.05) is 0 Å². The molecule has 0 unspecified atom stereocenters. The molecule has 0 atom stereocenters. The van der Waals surface area contributed by atoms with Gasteiger partial charge in [0.25, 0.3) is 0 Å². The molecule has 0 aromatic heterocycles. The molecule has 0 amide bonds. The Hall–Kier alpha value is -2.41. The Morgan fingerprint density at radius 1 is 0.440 bits per heavy atom. The minimum absolute atomic E-state index is 0.197. The molecule has 0 N–H and O–H groups in total. The molecule has 0 nitrogen and oxygen atoms in total. The zero-order valence-electron chi connectivity index (χ0n) is 12.4. The van der Waals surface area contributed by atoms with Crippen molar-refractivity contribution in [2.45, 2.75) is 14.7 Å². The van der Waals surface area contributed by atoms with E-state index >= 15 is 0 Å². The average molecular weight is 371 g/mol. The van der Waals surface area contributed by atoms with E-state index in [1.807, 2.05) is 0 Å². The van der Waals surface area contributed by atoms with Crippen molar-refractivity contribution in [1.82, 2.24) is 0 Å². The Kier molecular flexibility index (Phi) is 4.76. The van der Waals surface area contributed by atoms with E-state index in [4.69, 9.17) is 0 Å². The zero-order valence-corrected chi connectivity index (χ0v) is 13.2. The van der Waals surface area contributed by atoms with Crippen LogP contribution in [-0.2, 0) is 10.9 Å². The van der Waals surface area contributed by atoms with Gasteiger partial charge in [0.1, 0.15) is 28.3 Å². The van der Waals surface area contributed by atoms with E-state index in [0.717, 1.165) is 36.4 Å². The highest BCUT2D eigenvalue weighted by Gasteiger charge is 2.37. The molecule has 128 valence electrons. The summed E-state index contributed by atoms with van der Waals surface area (Å²) in [7, 11) is -1.70. The lowest BCUT2D eigenvalue weighted by Gasteiger charge is -2.10. The SMILES string of the molecule is Fc1ccc([S+](c2ccc(F)cc2F)c2ccc(F)cc2F)c(F)c1. The summed E-state index contributed by atoms with van der Waals surface area (Å²) in [6.45, 7) is 0. The Labute approximate surface area is 142 Å². The van der Waals surface area contributed by atoms with Crippen LogP contribution in [0.2, 0.25) is 0 Å². The summed E-state index contributed by atoms with van der Waals surface area (Å²) < 4.78 is 82.4. The number of hydrogen-bond acceptors (Lipinski definition) is 0. The molecule has 0 saturated carbocycles. The van der Waals surface area contributed by atoms with Gasteiger partial charge in [0.15, 0.2) is 17.5 Å². The van der Waals surface area contributed by atoms with Gasteiger partial charge in [-0.3, -0.25) is 0 Å². The van der Waals surface area contributed by atoms with Crippen LogP contribution in [0.25, 0.3) is 0 Å². The van der Waals surface area contributed by atoms with Gasteiger partial charge in [-0.2, -0.15) is 0 Å². The van der Waals surface area contributed by atoms with Crippen LogP contribution in [0.3, 0.4) is 0 Å². The topological polar surface area (TPSA) is 0 Å². The third-order valence-corrected chi connectivity index (χ3v) is 5.65. The number of rotatable bonds is 3. The molecule has 0 aliphatic rings. The van der Waals surface area contributed by atoms with Crippen molar-refractivity contribution >= 4 is 10.9 Å². The molecule has 3 rings (SSSR count). The molecule has 0 saturated heterocycles. The van der Waals surface area contributed by atoms with Gasteiger partial charge in [-0.1, -0.05) is 0 Å². The summed E-state index contributed by atoms with van der Waals surface area (Å²) in [5.41, 5.74) is 0. The molecule has 7 heteroatoms. The standard InChI is InChI=1S/C18H9F6S/c19-10-1-4-16(13(22)7-10)25(17-5-2-11(20)8-14(17)23)18-6-3-12(21)9-15(18)24/h1-9H/q+1. The summed E-state index contributed by atoms with van der Waals surface area (Å²) in [5, 5.41) is 0. The fraction of sp³-hybridized carbons (Fsp3) is 0. The molecule has 25 heavy (non-hydrogen) atoms. The van der Waals surface area contributed by atoms with Crippen molar-refractivity contribution in [3.8, 4) is 0 Å². The normalized spacial score (nSPS) is 11.2. The zero-order chi connectivity index (χ0) is 18.1. The van der Waals surface area contributed by atoms with Gasteiger partial charge in [-0.25, -0.2) is 26.3 Å². The van der Waals surface area contributed by atoms with Crippen LogP contribution in [0.5, 0.6) is 0 Å². The predicted octanol–water partition coefficient (Wildman–Crippen LogP) is 5.62. The fourth-order valence-electron chi connectivity index (χ4n) is 2.28. The molecular weight excluding hydrogens is 362 g/mol. The van der Waals surface area contributed by atoms with Gasteiger partial charge in [0.2, 0.25) is 14.7 Å². The molecule has 3 aromatic rings. The second kappa shape index (κ2) is 6.84. The summed E-state index contributed by atoms with van der Waals surface area (Å²) in [4.78, 5) is -0.591. The largest absolute Gasteiger partial charge is 0.207 e. The van der Waals surface area contributed by atoms with Crippen LogP contribution in [0.15, 0.2) is 69.3 Å². The third kappa shape index (κ3) is 3.51. The lowest BCUT2D eigenvalue weighted by atomic mass is 10.3. The Morgan fingerprint density at radius 3 is 0.960 bits per heavy atom. The van der Waals surface area contributed by atoms with Gasteiger partial charge < -0.3 is 0 Å². The molecule has 0 radical (unpaired) electrons. The summed E-state index contributed by atoms with van der Waals surface area (Å²) in [6.07, 6.45) is 0. The van der Waals surface area contributed by atoms with Crippen molar-refractivity contribution < 1.29 is 26.3 Å². The lowest BCUT2D eigenvalue weighted by molar-refractivity contribution is 0.555. The van der Waals surface area contributed by atoms with Gasteiger partial charge in [-0.15, -0.1) is 0 Å². The summed E-state index contributed by atoms with van der Waals surface area (Å²) in [6, 6.07) is 7.75. The highest BCUT2D eigenvalue weighted by molar-refractivity contribution is 7.97. The Balaban J connectivity index is 2.27. The van der Waals surface area contributed by atoms with E-state index in [2.05, 4.69) is 0 Å². The van der Waals surface area contributed by atoms with Crippen molar-refractivity contribution in [3.63, 3.8) is 0 Å². The fourth-order valence-corrected chi connectivity index (χ4v) is 4.36. The first-order chi connectivity index (χ1) is 11.9. The number of benzene rings is 3. The van der Waals surface area contributed by atoms with E-state index in [9.17, 15) is 26.3 Å². The lowest BCUT2D eigenvalue weighted by Crippen LogP contribution is -2.11. The maximum absolute atomic E-state index is 14.3. The minimum atomic E-state index is -1.70. The highest BCUT2D eigenvalue weighted by Crippen LogP contribution is 2.36. The molecule has 0 heterocycles. The second-order valence-electron chi connectivity index (χ2n) is 5.03. The van der Waals surface area contributed by atoms with Gasteiger partial charge in [-0.05, 0) is 18.2 Å².